The zero-order valence-corrected chi connectivity index (χ0v) is 11.8. The van der Waals surface area contributed by atoms with Gasteiger partial charge in [0.15, 0.2) is 0 Å². The van der Waals surface area contributed by atoms with E-state index in [2.05, 4.69) is 0 Å². The summed E-state index contributed by atoms with van der Waals surface area (Å²) in [6.07, 6.45) is 0. The predicted octanol–water partition coefficient (Wildman–Crippen LogP) is 1.98. The summed E-state index contributed by atoms with van der Waals surface area (Å²) in [5, 5.41) is 28.2. The highest BCUT2D eigenvalue weighted by molar-refractivity contribution is 6.02. The highest BCUT2D eigenvalue weighted by atomic mass is 16.6. The quantitative estimate of drug-likeness (QED) is 0.455. The van der Waals surface area contributed by atoms with E-state index in [0.717, 1.165) is 12.5 Å². The Kier molecular flexibility index (Phi) is 4.25. The van der Waals surface area contributed by atoms with Gasteiger partial charge in [-0.05, 0) is 24.1 Å². The number of benzene rings is 2. The number of nitrogens with zero attached hydrogens (tertiary/aromatic N) is 1. The summed E-state index contributed by atoms with van der Waals surface area (Å²) >= 11 is 0. The van der Waals surface area contributed by atoms with Gasteiger partial charge in [0.25, 0.3) is 11.6 Å². The van der Waals surface area contributed by atoms with Crippen LogP contribution < -0.4 is 0 Å². The van der Waals surface area contributed by atoms with Gasteiger partial charge in [-0.25, -0.2) is 4.79 Å². The van der Waals surface area contributed by atoms with Gasteiger partial charge in [0, 0.05) is 5.56 Å². The second kappa shape index (κ2) is 5.97. The van der Waals surface area contributed by atoms with Gasteiger partial charge >= 0.3 is 5.97 Å². The summed E-state index contributed by atoms with van der Waals surface area (Å²) < 4.78 is 0. The smallest absolute Gasteiger partial charge is 0.359 e. The Morgan fingerprint density at radius 3 is 2.14 bits per heavy atom. The average Bonchev–Trinajstić information content (AvgIpc) is 2.54. The predicted molar refractivity (Wildman–Crippen MR) is 78.1 cm³/mol. The van der Waals surface area contributed by atoms with E-state index < -0.39 is 17.6 Å². The molecule has 0 aromatic heterocycles. The van der Waals surface area contributed by atoms with Gasteiger partial charge in [0.05, 0.1) is 0 Å². The Bertz CT molecular complexity index is 697. The minimum Gasteiger partial charge on any atom is -0.478 e. The lowest BCUT2D eigenvalue weighted by molar-refractivity contribution is -0.228. The summed E-state index contributed by atoms with van der Waals surface area (Å²) in [5.74, 6) is -2.74. The first-order valence-electron chi connectivity index (χ1n) is 6.49. The standard InChI is InChI=1S/C16H15NO5/c1-16(21,15(19)20)17(22)14(18)13-10-6-5-9-12(13)11-7-3-2-4-8-11/h2-10,21-22H,1H3,(H,19,20). The Morgan fingerprint density at radius 2 is 1.55 bits per heavy atom. The van der Waals surface area contributed by atoms with E-state index in [-0.39, 0.29) is 10.6 Å². The Balaban J connectivity index is 2.46. The number of amides is 1. The third kappa shape index (κ3) is 2.83. The number of carboxylic acid groups (broad SMARTS) is 1. The fourth-order valence-electron chi connectivity index (χ4n) is 1.94. The van der Waals surface area contributed by atoms with Crippen molar-refractivity contribution in [3.63, 3.8) is 0 Å². The number of hydrogen-bond acceptors (Lipinski definition) is 4. The third-order valence-corrected chi connectivity index (χ3v) is 3.25. The number of hydroxylamine groups is 2. The molecule has 0 fully saturated rings. The first-order chi connectivity index (χ1) is 10.4. The van der Waals surface area contributed by atoms with Gasteiger partial charge in [0.1, 0.15) is 0 Å². The van der Waals surface area contributed by atoms with Crippen molar-refractivity contribution in [2.45, 2.75) is 12.6 Å². The van der Waals surface area contributed by atoms with E-state index in [4.69, 9.17) is 5.11 Å². The molecule has 2 aromatic carbocycles. The van der Waals surface area contributed by atoms with Crippen molar-refractivity contribution >= 4 is 11.9 Å². The first-order valence-corrected chi connectivity index (χ1v) is 6.49. The van der Waals surface area contributed by atoms with Gasteiger partial charge in [0.2, 0.25) is 0 Å². The lowest BCUT2D eigenvalue weighted by atomic mass is 9.99. The minimum atomic E-state index is -2.72. The maximum atomic E-state index is 12.3. The number of carboxylic acids is 1. The second-order valence-electron chi connectivity index (χ2n) is 4.85. The Hall–Kier alpha value is -2.70. The molecule has 2 aromatic rings. The number of carbonyl (C=O) groups is 2. The first kappa shape index (κ1) is 15.7. The molecule has 0 aliphatic heterocycles. The number of rotatable bonds is 4. The summed E-state index contributed by atoms with van der Waals surface area (Å²) in [6.45, 7) is 0.818. The zero-order valence-electron chi connectivity index (χ0n) is 11.8. The number of aliphatic carboxylic acids is 1. The fraction of sp³-hybridized carbons (Fsp3) is 0.125. The van der Waals surface area contributed by atoms with Crippen LogP contribution in [0.1, 0.15) is 17.3 Å². The SMILES string of the molecule is CC(O)(C(=O)O)N(O)C(=O)c1ccccc1-c1ccccc1. The van der Waals surface area contributed by atoms with Crippen molar-refractivity contribution in [3.8, 4) is 11.1 Å². The van der Waals surface area contributed by atoms with Crippen LogP contribution in [0.2, 0.25) is 0 Å². The van der Waals surface area contributed by atoms with Crippen LogP contribution in [0, 0.1) is 0 Å². The number of hydrogen-bond donors (Lipinski definition) is 3. The van der Waals surface area contributed by atoms with Crippen molar-refractivity contribution < 1.29 is 25.0 Å². The molecule has 1 unspecified atom stereocenters. The monoisotopic (exact) mass is 301 g/mol. The van der Waals surface area contributed by atoms with Crippen molar-refractivity contribution in [3.05, 3.63) is 60.2 Å². The molecule has 0 saturated heterocycles. The van der Waals surface area contributed by atoms with Gasteiger partial charge in [-0.15, -0.1) is 0 Å². The van der Waals surface area contributed by atoms with Crippen LogP contribution in [-0.2, 0) is 4.79 Å². The van der Waals surface area contributed by atoms with Crippen molar-refractivity contribution in [1.29, 1.82) is 0 Å². The van der Waals surface area contributed by atoms with Crippen LogP contribution in [0.5, 0.6) is 0 Å². The van der Waals surface area contributed by atoms with E-state index >= 15 is 0 Å². The molecule has 1 atom stereocenters. The molecule has 6 heteroatoms. The highest BCUT2D eigenvalue weighted by Gasteiger charge is 2.41. The van der Waals surface area contributed by atoms with Crippen molar-refractivity contribution in [2.24, 2.45) is 0 Å². The van der Waals surface area contributed by atoms with Gasteiger partial charge in [-0.3, -0.25) is 10.0 Å². The van der Waals surface area contributed by atoms with Crippen LogP contribution in [0.15, 0.2) is 54.6 Å². The molecule has 3 N–H and O–H groups in total. The molecule has 0 heterocycles. The molecule has 0 spiro atoms. The Labute approximate surface area is 126 Å². The van der Waals surface area contributed by atoms with E-state index in [1.54, 1.807) is 42.5 Å². The molecule has 0 aliphatic carbocycles. The Morgan fingerprint density at radius 1 is 1.00 bits per heavy atom. The van der Waals surface area contributed by atoms with E-state index in [0.29, 0.717) is 5.56 Å². The van der Waals surface area contributed by atoms with Crippen LogP contribution in [0.4, 0.5) is 0 Å². The maximum Gasteiger partial charge on any atom is 0.359 e. The topological polar surface area (TPSA) is 98.1 Å². The molecule has 0 radical (unpaired) electrons. The van der Waals surface area contributed by atoms with Crippen molar-refractivity contribution in [1.82, 2.24) is 5.06 Å². The summed E-state index contributed by atoms with van der Waals surface area (Å²) in [7, 11) is 0. The lowest BCUT2D eigenvalue weighted by Crippen LogP contribution is -2.53. The lowest BCUT2D eigenvalue weighted by Gasteiger charge is -2.27. The molecule has 114 valence electrons. The average molecular weight is 301 g/mol. The third-order valence-electron chi connectivity index (χ3n) is 3.25. The molecule has 22 heavy (non-hydrogen) atoms. The summed E-state index contributed by atoms with van der Waals surface area (Å²) in [4.78, 5) is 23.3. The summed E-state index contributed by atoms with van der Waals surface area (Å²) in [5.41, 5.74) is -1.39. The molecule has 6 nitrogen and oxygen atoms in total. The van der Waals surface area contributed by atoms with Crippen LogP contribution in [0.3, 0.4) is 0 Å². The van der Waals surface area contributed by atoms with E-state index in [1.807, 2.05) is 6.07 Å². The van der Waals surface area contributed by atoms with E-state index in [9.17, 15) is 19.9 Å². The largest absolute Gasteiger partial charge is 0.478 e. The van der Waals surface area contributed by atoms with Crippen LogP contribution >= 0.6 is 0 Å². The van der Waals surface area contributed by atoms with E-state index in [1.165, 1.54) is 6.07 Å². The molecule has 1 amide bonds. The molecule has 0 aliphatic rings. The van der Waals surface area contributed by atoms with Gasteiger partial charge < -0.3 is 10.2 Å². The van der Waals surface area contributed by atoms with Crippen LogP contribution in [-0.4, -0.2) is 38.1 Å². The van der Waals surface area contributed by atoms with Gasteiger partial charge in [-0.1, -0.05) is 48.5 Å². The zero-order chi connectivity index (χ0) is 16.3. The number of aliphatic hydroxyl groups is 1. The van der Waals surface area contributed by atoms with Gasteiger partial charge in [-0.2, -0.15) is 5.06 Å². The minimum absolute atomic E-state index is 0.0812. The molecular weight excluding hydrogens is 286 g/mol. The highest BCUT2D eigenvalue weighted by Crippen LogP contribution is 2.25. The van der Waals surface area contributed by atoms with Crippen molar-refractivity contribution in [2.75, 3.05) is 0 Å². The molecule has 0 bridgehead atoms. The fourth-order valence-corrected chi connectivity index (χ4v) is 1.94. The molecular formula is C16H15NO5. The summed E-state index contributed by atoms with van der Waals surface area (Å²) in [6, 6.07) is 15.4. The second-order valence-corrected chi connectivity index (χ2v) is 4.85. The van der Waals surface area contributed by atoms with Crippen LogP contribution in [0.25, 0.3) is 11.1 Å². The molecule has 2 rings (SSSR count). The number of carbonyl (C=O) groups excluding carboxylic acids is 1. The molecule has 0 saturated carbocycles. The maximum absolute atomic E-state index is 12.3. The normalized spacial score (nSPS) is 13.2.